The number of methoxy groups -OCH3 is 1. The first-order valence-corrected chi connectivity index (χ1v) is 7.39. The van der Waals surface area contributed by atoms with Gasteiger partial charge in [0.25, 0.3) is 0 Å². The molecule has 0 saturated heterocycles. The Kier molecular flexibility index (Phi) is 8.60. The number of hydrogen-bond acceptors (Lipinski definition) is 6. The predicted octanol–water partition coefficient (Wildman–Crippen LogP) is 2.33. The summed E-state index contributed by atoms with van der Waals surface area (Å²) in [6, 6.07) is 7.07. The van der Waals surface area contributed by atoms with Crippen LogP contribution in [-0.2, 0) is 23.9 Å². The maximum atomic E-state index is 11.5. The third-order valence-corrected chi connectivity index (χ3v) is 2.77. The van der Waals surface area contributed by atoms with E-state index in [2.05, 4.69) is 0 Å². The lowest BCUT2D eigenvalue weighted by molar-refractivity contribution is -0.148. The van der Waals surface area contributed by atoms with Gasteiger partial charge in [0.2, 0.25) is 5.78 Å². The minimum absolute atomic E-state index is 0.428. The minimum atomic E-state index is -0.656. The third-order valence-electron chi connectivity index (χ3n) is 2.77. The quantitative estimate of drug-likeness (QED) is 0.510. The summed E-state index contributed by atoms with van der Waals surface area (Å²) >= 11 is 0. The number of allylic oxidation sites excluding steroid dienone is 1. The van der Waals surface area contributed by atoms with E-state index in [1.807, 2.05) is 6.92 Å². The number of ether oxygens (including phenoxy) is 3. The number of carbonyl (C=O) groups excluding carboxylic acids is 3. The van der Waals surface area contributed by atoms with Gasteiger partial charge in [-0.1, -0.05) is 25.1 Å². The summed E-state index contributed by atoms with van der Waals surface area (Å²) in [7, 11) is 1.57. The first kappa shape index (κ1) is 19.2. The average molecular weight is 332 g/mol. The van der Waals surface area contributed by atoms with Crippen LogP contribution in [0.15, 0.2) is 42.5 Å². The van der Waals surface area contributed by atoms with Gasteiger partial charge in [-0.15, -0.1) is 0 Å². The molecular weight excluding hydrogens is 312 g/mol. The van der Waals surface area contributed by atoms with E-state index in [4.69, 9.17) is 14.2 Å². The van der Waals surface area contributed by atoms with E-state index >= 15 is 0 Å². The monoisotopic (exact) mass is 332 g/mol. The number of hydrogen-bond donors (Lipinski definition) is 0. The van der Waals surface area contributed by atoms with Crippen LogP contribution >= 0.6 is 0 Å². The van der Waals surface area contributed by atoms with Crippen LogP contribution in [0.3, 0.4) is 0 Å². The fraction of sp³-hybridized carbons (Fsp3) is 0.278. The molecule has 0 saturated carbocycles. The van der Waals surface area contributed by atoms with E-state index in [1.165, 1.54) is 12.2 Å². The van der Waals surface area contributed by atoms with Crippen LogP contribution in [-0.4, -0.2) is 38.0 Å². The van der Waals surface area contributed by atoms with Crippen molar-refractivity contribution in [3.63, 3.8) is 0 Å². The molecule has 0 aromatic heterocycles. The van der Waals surface area contributed by atoms with Gasteiger partial charge in [-0.25, -0.2) is 9.59 Å². The van der Waals surface area contributed by atoms with Crippen molar-refractivity contribution in [3.05, 3.63) is 48.1 Å². The van der Waals surface area contributed by atoms with E-state index in [1.54, 1.807) is 43.5 Å². The van der Waals surface area contributed by atoms with Crippen molar-refractivity contribution < 1.29 is 28.6 Å². The highest BCUT2D eigenvalue weighted by atomic mass is 16.6. The maximum Gasteiger partial charge on any atom is 0.331 e. The van der Waals surface area contributed by atoms with Gasteiger partial charge in [-0.05, 0) is 30.2 Å². The summed E-state index contributed by atoms with van der Waals surface area (Å²) in [5.74, 6) is -1.05. The molecule has 6 nitrogen and oxygen atoms in total. The standard InChI is InChI=1S/C18H20O6/c1-3-4-5-17(20)23-12-15(19)13-24-18(21)11-8-14-6-9-16(22-2)10-7-14/h4-11H,3,12-13H2,1-2H3/b5-4+,11-8+. The first-order valence-electron chi connectivity index (χ1n) is 7.39. The van der Waals surface area contributed by atoms with Crippen LogP contribution in [0.4, 0.5) is 0 Å². The zero-order chi connectivity index (χ0) is 17.8. The number of rotatable bonds is 9. The third kappa shape index (κ3) is 7.93. The number of ketones is 1. The zero-order valence-electron chi connectivity index (χ0n) is 13.7. The summed E-state index contributed by atoms with van der Waals surface area (Å²) in [5.41, 5.74) is 0.788. The van der Waals surface area contributed by atoms with Crippen LogP contribution in [0.5, 0.6) is 5.75 Å². The Morgan fingerprint density at radius 3 is 2.08 bits per heavy atom. The van der Waals surface area contributed by atoms with Gasteiger partial charge >= 0.3 is 11.9 Å². The smallest absolute Gasteiger partial charge is 0.331 e. The van der Waals surface area contributed by atoms with Gasteiger partial charge in [-0.3, -0.25) is 4.79 Å². The normalized spacial score (nSPS) is 10.8. The van der Waals surface area contributed by atoms with Crippen LogP contribution < -0.4 is 4.74 Å². The second kappa shape index (κ2) is 10.8. The van der Waals surface area contributed by atoms with Crippen molar-refractivity contribution in [2.75, 3.05) is 20.3 Å². The molecule has 0 unspecified atom stereocenters. The molecule has 128 valence electrons. The molecule has 1 aromatic rings. The molecule has 0 N–H and O–H groups in total. The fourth-order valence-electron chi connectivity index (χ4n) is 1.53. The van der Waals surface area contributed by atoms with Crippen molar-refractivity contribution in [3.8, 4) is 5.75 Å². The van der Waals surface area contributed by atoms with Gasteiger partial charge < -0.3 is 14.2 Å². The molecule has 0 atom stereocenters. The van der Waals surface area contributed by atoms with E-state index in [0.717, 1.165) is 5.56 Å². The molecule has 0 aliphatic heterocycles. The Morgan fingerprint density at radius 1 is 0.958 bits per heavy atom. The summed E-state index contributed by atoms with van der Waals surface area (Å²) in [5, 5.41) is 0. The molecule has 1 aromatic carbocycles. The van der Waals surface area contributed by atoms with E-state index in [9.17, 15) is 14.4 Å². The van der Waals surface area contributed by atoms with Gasteiger partial charge in [0, 0.05) is 12.2 Å². The lowest BCUT2D eigenvalue weighted by atomic mass is 10.2. The van der Waals surface area contributed by atoms with Gasteiger partial charge in [0.05, 0.1) is 7.11 Å². The van der Waals surface area contributed by atoms with Crippen molar-refractivity contribution in [2.45, 2.75) is 13.3 Å². The van der Waals surface area contributed by atoms with E-state index in [-0.39, 0.29) is 0 Å². The molecule has 6 heteroatoms. The maximum absolute atomic E-state index is 11.5. The number of esters is 2. The molecule has 0 radical (unpaired) electrons. The highest BCUT2D eigenvalue weighted by Gasteiger charge is 2.08. The van der Waals surface area contributed by atoms with Crippen LogP contribution in [0, 0.1) is 0 Å². The molecule has 0 heterocycles. The molecule has 0 aliphatic carbocycles. The minimum Gasteiger partial charge on any atom is -0.497 e. The molecule has 1 rings (SSSR count). The lowest BCUT2D eigenvalue weighted by Gasteiger charge is -2.02. The SMILES string of the molecule is CC/C=C/C(=O)OCC(=O)COC(=O)/C=C/c1ccc(OC)cc1. The summed E-state index contributed by atoms with van der Waals surface area (Å²) in [6.45, 7) is 0.993. The van der Waals surface area contributed by atoms with E-state index < -0.39 is 30.9 Å². The molecule has 0 aliphatic rings. The fourth-order valence-corrected chi connectivity index (χ4v) is 1.53. The Morgan fingerprint density at radius 2 is 1.54 bits per heavy atom. The molecule has 24 heavy (non-hydrogen) atoms. The number of benzene rings is 1. The molecule has 0 spiro atoms. The van der Waals surface area contributed by atoms with Crippen LogP contribution in [0.2, 0.25) is 0 Å². The first-order chi connectivity index (χ1) is 11.5. The van der Waals surface area contributed by atoms with Crippen LogP contribution in [0.1, 0.15) is 18.9 Å². The molecule has 0 bridgehead atoms. The summed E-state index contributed by atoms with van der Waals surface area (Å²) in [6.07, 6.45) is 6.34. The second-order valence-corrected chi connectivity index (χ2v) is 4.67. The average Bonchev–Trinajstić information content (AvgIpc) is 2.61. The van der Waals surface area contributed by atoms with Gasteiger partial charge in [-0.2, -0.15) is 0 Å². The lowest BCUT2D eigenvalue weighted by Crippen LogP contribution is -2.19. The molecule has 0 amide bonds. The highest BCUT2D eigenvalue weighted by Crippen LogP contribution is 2.12. The van der Waals surface area contributed by atoms with Crippen LogP contribution in [0.25, 0.3) is 6.08 Å². The van der Waals surface area contributed by atoms with E-state index in [0.29, 0.717) is 12.2 Å². The molecular formula is C18H20O6. The van der Waals surface area contributed by atoms with Crippen molar-refractivity contribution in [2.24, 2.45) is 0 Å². The number of Topliss-reactive ketones (excluding diaryl/α,β-unsaturated/α-hetero) is 1. The Labute approximate surface area is 140 Å². The Balaban J connectivity index is 2.31. The Bertz CT molecular complexity index is 613. The second-order valence-electron chi connectivity index (χ2n) is 4.67. The van der Waals surface area contributed by atoms with Gasteiger partial charge in [0.15, 0.2) is 13.2 Å². The topological polar surface area (TPSA) is 78.9 Å². The number of carbonyl (C=O) groups is 3. The predicted molar refractivity (Wildman–Crippen MR) is 88.4 cm³/mol. The Hall–Kier alpha value is -2.89. The summed E-state index contributed by atoms with van der Waals surface area (Å²) < 4.78 is 14.5. The summed E-state index contributed by atoms with van der Waals surface area (Å²) in [4.78, 5) is 34.1. The largest absolute Gasteiger partial charge is 0.497 e. The van der Waals surface area contributed by atoms with Crippen molar-refractivity contribution in [1.29, 1.82) is 0 Å². The van der Waals surface area contributed by atoms with Crippen molar-refractivity contribution >= 4 is 23.8 Å². The molecule has 0 fully saturated rings. The van der Waals surface area contributed by atoms with Gasteiger partial charge in [0.1, 0.15) is 5.75 Å². The highest BCUT2D eigenvalue weighted by molar-refractivity contribution is 5.91. The zero-order valence-corrected chi connectivity index (χ0v) is 13.7. The van der Waals surface area contributed by atoms with Crippen molar-refractivity contribution in [1.82, 2.24) is 0 Å².